The molecule has 1 fully saturated rings. The molecule has 1 aliphatic heterocycles. The first-order valence-electron chi connectivity index (χ1n) is 7.26. The molecule has 0 amide bonds. The second-order valence-corrected chi connectivity index (χ2v) is 7.40. The van der Waals surface area contributed by atoms with Crippen molar-refractivity contribution in [3.63, 3.8) is 0 Å². The van der Waals surface area contributed by atoms with Crippen molar-refractivity contribution in [2.24, 2.45) is 0 Å². The first-order valence-corrected chi connectivity index (χ1v) is 9.12. The third-order valence-electron chi connectivity index (χ3n) is 3.50. The van der Waals surface area contributed by atoms with Crippen LogP contribution in [0.4, 0.5) is 0 Å². The van der Waals surface area contributed by atoms with Crippen molar-refractivity contribution >= 4 is 23.1 Å². The van der Waals surface area contributed by atoms with Crippen molar-refractivity contribution in [3.05, 3.63) is 40.2 Å². The van der Waals surface area contributed by atoms with Gasteiger partial charge in [-0.1, -0.05) is 37.3 Å². The molecule has 1 unspecified atom stereocenters. The molecule has 0 bridgehead atoms. The molecule has 106 valence electrons. The summed E-state index contributed by atoms with van der Waals surface area (Å²) in [5.41, 5.74) is 2.42. The zero-order valence-corrected chi connectivity index (χ0v) is 13.4. The van der Waals surface area contributed by atoms with Gasteiger partial charge in [0.1, 0.15) is 5.01 Å². The van der Waals surface area contributed by atoms with Crippen molar-refractivity contribution in [3.8, 4) is 11.3 Å². The predicted octanol–water partition coefficient (Wildman–Crippen LogP) is 4.49. The van der Waals surface area contributed by atoms with Gasteiger partial charge in [-0.15, -0.1) is 11.3 Å². The predicted molar refractivity (Wildman–Crippen MR) is 89.4 cm³/mol. The van der Waals surface area contributed by atoms with E-state index in [2.05, 4.69) is 54.3 Å². The molecule has 1 atom stereocenters. The van der Waals surface area contributed by atoms with Crippen LogP contribution in [0.5, 0.6) is 0 Å². The van der Waals surface area contributed by atoms with E-state index < -0.39 is 0 Å². The van der Waals surface area contributed by atoms with Gasteiger partial charge in [0.15, 0.2) is 0 Å². The number of aromatic nitrogens is 1. The van der Waals surface area contributed by atoms with Gasteiger partial charge in [-0.05, 0) is 25.1 Å². The van der Waals surface area contributed by atoms with Crippen molar-refractivity contribution in [2.75, 3.05) is 12.3 Å². The lowest BCUT2D eigenvalue weighted by Gasteiger charge is -2.02. The molecule has 1 saturated heterocycles. The highest BCUT2D eigenvalue weighted by Crippen LogP contribution is 2.43. The van der Waals surface area contributed by atoms with Crippen LogP contribution in [0.25, 0.3) is 11.3 Å². The Hall–Kier alpha value is -0.840. The Labute approximate surface area is 129 Å². The van der Waals surface area contributed by atoms with Crippen molar-refractivity contribution in [1.82, 2.24) is 10.3 Å². The standard InChI is InChI=1S/C16H20N2S2/c1-2-17-11-14-15(12-7-4-3-5-8-12)18-16(20-14)13-9-6-10-19-13/h3-5,7-8,13,17H,2,6,9-11H2,1H3. The fraction of sp³-hybridized carbons (Fsp3) is 0.438. The number of benzene rings is 1. The molecule has 1 aromatic carbocycles. The summed E-state index contributed by atoms with van der Waals surface area (Å²) in [5, 5.41) is 5.38. The zero-order chi connectivity index (χ0) is 13.8. The third kappa shape index (κ3) is 3.08. The lowest BCUT2D eigenvalue weighted by molar-refractivity contribution is 0.735. The minimum absolute atomic E-state index is 0.623. The largest absolute Gasteiger partial charge is 0.312 e. The van der Waals surface area contributed by atoms with Crippen molar-refractivity contribution < 1.29 is 0 Å². The summed E-state index contributed by atoms with van der Waals surface area (Å²) in [6, 6.07) is 10.6. The second-order valence-electron chi connectivity index (χ2n) is 4.97. The van der Waals surface area contributed by atoms with E-state index in [1.807, 2.05) is 11.3 Å². The van der Waals surface area contributed by atoms with Crippen LogP contribution in [-0.4, -0.2) is 17.3 Å². The van der Waals surface area contributed by atoms with E-state index in [1.165, 1.54) is 39.7 Å². The van der Waals surface area contributed by atoms with Crippen molar-refractivity contribution in [1.29, 1.82) is 0 Å². The van der Waals surface area contributed by atoms with Gasteiger partial charge in [-0.3, -0.25) is 0 Å². The van der Waals surface area contributed by atoms with Gasteiger partial charge in [-0.25, -0.2) is 4.98 Å². The van der Waals surface area contributed by atoms with Crippen LogP contribution in [0.3, 0.4) is 0 Å². The van der Waals surface area contributed by atoms with Crippen LogP contribution in [0.1, 0.15) is 34.9 Å². The minimum atomic E-state index is 0.623. The van der Waals surface area contributed by atoms with Crippen LogP contribution in [0.15, 0.2) is 30.3 Å². The number of hydrogen-bond donors (Lipinski definition) is 1. The van der Waals surface area contributed by atoms with E-state index in [0.717, 1.165) is 13.1 Å². The molecular formula is C16H20N2S2. The molecule has 20 heavy (non-hydrogen) atoms. The topological polar surface area (TPSA) is 24.9 Å². The zero-order valence-electron chi connectivity index (χ0n) is 11.8. The first-order chi connectivity index (χ1) is 9.88. The van der Waals surface area contributed by atoms with E-state index >= 15 is 0 Å². The lowest BCUT2D eigenvalue weighted by atomic mass is 10.1. The number of thioether (sulfide) groups is 1. The fourth-order valence-corrected chi connectivity index (χ4v) is 5.03. The smallest absolute Gasteiger partial charge is 0.107 e. The average molecular weight is 304 g/mol. The Morgan fingerprint density at radius 3 is 2.85 bits per heavy atom. The molecule has 2 nitrogen and oxygen atoms in total. The number of rotatable bonds is 5. The molecule has 0 aliphatic carbocycles. The van der Waals surface area contributed by atoms with E-state index in [4.69, 9.17) is 4.98 Å². The van der Waals surface area contributed by atoms with Crippen LogP contribution in [-0.2, 0) is 6.54 Å². The summed E-state index contributed by atoms with van der Waals surface area (Å²) in [6.45, 7) is 4.08. The van der Waals surface area contributed by atoms with Crippen molar-refractivity contribution in [2.45, 2.75) is 31.6 Å². The maximum absolute atomic E-state index is 4.97. The molecule has 1 aliphatic rings. The SMILES string of the molecule is CCNCc1sc(C2CCCS2)nc1-c1ccccc1. The van der Waals surface area contributed by atoms with Gasteiger partial charge < -0.3 is 5.32 Å². The summed E-state index contributed by atoms with van der Waals surface area (Å²) in [4.78, 5) is 6.35. The third-order valence-corrected chi connectivity index (χ3v) is 6.21. The van der Waals surface area contributed by atoms with Crippen LogP contribution in [0.2, 0.25) is 0 Å². The number of nitrogens with one attached hydrogen (secondary N) is 1. The quantitative estimate of drug-likeness (QED) is 0.881. The summed E-state index contributed by atoms with van der Waals surface area (Å²) >= 11 is 3.96. The van der Waals surface area contributed by atoms with Crippen LogP contribution < -0.4 is 5.32 Å². The fourth-order valence-electron chi connectivity index (χ4n) is 2.46. The molecule has 4 heteroatoms. The second kappa shape index (κ2) is 6.74. The first kappa shape index (κ1) is 14.1. The van der Waals surface area contributed by atoms with E-state index in [-0.39, 0.29) is 0 Å². The Kier molecular flexibility index (Phi) is 4.76. The molecule has 1 aromatic heterocycles. The minimum Gasteiger partial charge on any atom is -0.312 e. The summed E-state index contributed by atoms with van der Waals surface area (Å²) in [5.74, 6) is 1.29. The number of nitrogens with zero attached hydrogens (tertiary/aromatic N) is 1. The lowest BCUT2D eigenvalue weighted by Crippen LogP contribution is -2.11. The summed E-state index contributed by atoms with van der Waals surface area (Å²) < 4.78 is 0. The molecule has 0 spiro atoms. The summed E-state index contributed by atoms with van der Waals surface area (Å²) in [6.07, 6.45) is 2.62. The average Bonchev–Trinajstić information content (AvgIpc) is 3.15. The molecule has 2 aromatic rings. The van der Waals surface area contributed by atoms with Gasteiger partial charge in [0.25, 0.3) is 0 Å². The maximum atomic E-state index is 4.97. The maximum Gasteiger partial charge on any atom is 0.107 e. The highest BCUT2D eigenvalue weighted by molar-refractivity contribution is 7.99. The van der Waals surface area contributed by atoms with E-state index in [9.17, 15) is 0 Å². The van der Waals surface area contributed by atoms with Gasteiger partial charge in [-0.2, -0.15) is 11.8 Å². The Balaban J connectivity index is 1.93. The highest BCUT2D eigenvalue weighted by Gasteiger charge is 2.23. The Morgan fingerprint density at radius 2 is 2.15 bits per heavy atom. The molecule has 0 radical (unpaired) electrons. The number of thiazole rings is 1. The molecular weight excluding hydrogens is 284 g/mol. The number of hydrogen-bond acceptors (Lipinski definition) is 4. The normalized spacial score (nSPS) is 18.6. The molecule has 3 rings (SSSR count). The molecule has 2 heterocycles. The van der Waals surface area contributed by atoms with Crippen LogP contribution in [0, 0.1) is 0 Å². The Bertz CT molecular complexity index is 545. The van der Waals surface area contributed by atoms with E-state index in [1.54, 1.807) is 0 Å². The van der Waals surface area contributed by atoms with Gasteiger partial charge in [0.2, 0.25) is 0 Å². The monoisotopic (exact) mass is 304 g/mol. The van der Waals surface area contributed by atoms with Crippen LogP contribution >= 0.6 is 23.1 Å². The van der Waals surface area contributed by atoms with E-state index in [0.29, 0.717) is 5.25 Å². The van der Waals surface area contributed by atoms with Gasteiger partial charge in [0, 0.05) is 17.0 Å². The molecule has 0 saturated carbocycles. The molecule has 1 N–H and O–H groups in total. The Morgan fingerprint density at radius 1 is 1.30 bits per heavy atom. The highest BCUT2D eigenvalue weighted by atomic mass is 32.2. The van der Waals surface area contributed by atoms with Gasteiger partial charge >= 0.3 is 0 Å². The van der Waals surface area contributed by atoms with Gasteiger partial charge in [0.05, 0.1) is 10.9 Å². The summed E-state index contributed by atoms with van der Waals surface area (Å²) in [7, 11) is 0.